The van der Waals surface area contributed by atoms with Crippen LogP contribution in [0, 0.1) is 25.2 Å². The van der Waals surface area contributed by atoms with Crippen LogP contribution in [0.2, 0.25) is 0 Å². The van der Waals surface area contributed by atoms with Gasteiger partial charge in [0.2, 0.25) is 5.91 Å². The first-order valence-electron chi connectivity index (χ1n) is 9.11. The minimum absolute atomic E-state index is 0.0244. The average Bonchev–Trinajstić information content (AvgIpc) is 3.08. The third-order valence-electron chi connectivity index (χ3n) is 5.56. The normalized spacial score (nSPS) is 24.5. The Morgan fingerprint density at radius 2 is 2.16 bits per heavy atom. The van der Waals surface area contributed by atoms with Gasteiger partial charge in [0.25, 0.3) is 0 Å². The monoisotopic (exact) mass is 342 g/mol. The van der Waals surface area contributed by atoms with Crippen LogP contribution < -0.4 is 5.32 Å². The van der Waals surface area contributed by atoms with Gasteiger partial charge in [-0.05, 0) is 38.2 Å². The summed E-state index contributed by atoms with van der Waals surface area (Å²) in [7, 11) is 0. The zero-order valence-electron chi connectivity index (χ0n) is 15.4. The van der Waals surface area contributed by atoms with Gasteiger partial charge in [0.1, 0.15) is 23.2 Å². The second kappa shape index (κ2) is 5.71. The summed E-state index contributed by atoms with van der Waals surface area (Å²) >= 11 is 0. The molecular formula is C19H26N4O2. The highest BCUT2D eigenvalue weighted by atomic mass is 16.3. The summed E-state index contributed by atoms with van der Waals surface area (Å²) in [5.74, 6) is 3.94. The molecule has 0 spiro atoms. The number of amides is 1. The van der Waals surface area contributed by atoms with E-state index in [9.17, 15) is 4.79 Å². The van der Waals surface area contributed by atoms with Crippen molar-refractivity contribution in [2.75, 3.05) is 0 Å². The SMILES string of the molecule is Cc1cc2c(o1)CC(C)(C)C[C@H]2NC(=O)[C@H]1CCc2nnc(C)n2C1. The van der Waals surface area contributed by atoms with Crippen molar-refractivity contribution < 1.29 is 9.21 Å². The Labute approximate surface area is 148 Å². The van der Waals surface area contributed by atoms with Gasteiger partial charge in [0.15, 0.2) is 0 Å². The molecule has 0 fully saturated rings. The van der Waals surface area contributed by atoms with Crippen molar-refractivity contribution in [3.05, 3.63) is 34.8 Å². The third kappa shape index (κ3) is 2.98. The number of furan rings is 1. The van der Waals surface area contributed by atoms with Gasteiger partial charge in [-0.25, -0.2) is 0 Å². The van der Waals surface area contributed by atoms with E-state index in [0.29, 0.717) is 6.54 Å². The lowest BCUT2D eigenvalue weighted by Crippen LogP contribution is -2.41. The number of nitrogens with one attached hydrogen (secondary N) is 1. The Morgan fingerprint density at radius 1 is 1.36 bits per heavy atom. The van der Waals surface area contributed by atoms with Crippen LogP contribution in [0.1, 0.15) is 61.5 Å². The summed E-state index contributed by atoms with van der Waals surface area (Å²) in [5.41, 5.74) is 1.28. The second-order valence-corrected chi connectivity index (χ2v) is 8.35. The van der Waals surface area contributed by atoms with Crippen molar-refractivity contribution >= 4 is 5.91 Å². The van der Waals surface area contributed by atoms with Gasteiger partial charge < -0.3 is 14.3 Å². The third-order valence-corrected chi connectivity index (χ3v) is 5.56. The molecule has 0 bridgehead atoms. The Bertz CT molecular complexity index is 818. The predicted molar refractivity (Wildman–Crippen MR) is 93.0 cm³/mol. The summed E-state index contributed by atoms with van der Waals surface area (Å²) in [6.45, 7) is 9.07. The van der Waals surface area contributed by atoms with Crippen LogP contribution in [0.5, 0.6) is 0 Å². The molecule has 1 amide bonds. The molecule has 1 aliphatic heterocycles. The molecule has 0 saturated carbocycles. The molecule has 6 heteroatoms. The zero-order chi connectivity index (χ0) is 17.8. The second-order valence-electron chi connectivity index (χ2n) is 8.35. The van der Waals surface area contributed by atoms with Crippen LogP contribution >= 0.6 is 0 Å². The van der Waals surface area contributed by atoms with Crippen LogP contribution in [0.25, 0.3) is 0 Å². The largest absolute Gasteiger partial charge is 0.466 e. The highest BCUT2D eigenvalue weighted by Gasteiger charge is 2.37. The highest BCUT2D eigenvalue weighted by Crippen LogP contribution is 2.42. The van der Waals surface area contributed by atoms with Gasteiger partial charge in [-0.2, -0.15) is 0 Å². The fraction of sp³-hybridized carbons (Fsp3) is 0.632. The highest BCUT2D eigenvalue weighted by molar-refractivity contribution is 5.79. The minimum atomic E-state index is -0.0244. The number of nitrogens with zero attached hydrogens (tertiary/aromatic N) is 3. The van der Waals surface area contributed by atoms with Crippen molar-refractivity contribution in [2.45, 2.75) is 66.0 Å². The molecule has 0 aromatic carbocycles. The summed E-state index contributed by atoms with van der Waals surface area (Å²) in [6, 6.07) is 2.12. The predicted octanol–water partition coefficient (Wildman–Crippen LogP) is 2.88. The molecule has 134 valence electrons. The molecule has 0 unspecified atom stereocenters. The van der Waals surface area contributed by atoms with E-state index in [0.717, 1.165) is 54.4 Å². The van der Waals surface area contributed by atoms with Crippen molar-refractivity contribution in [1.29, 1.82) is 0 Å². The van der Waals surface area contributed by atoms with Gasteiger partial charge in [-0.1, -0.05) is 13.8 Å². The van der Waals surface area contributed by atoms with E-state index >= 15 is 0 Å². The molecule has 0 radical (unpaired) electrons. The minimum Gasteiger partial charge on any atom is -0.466 e. The van der Waals surface area contributed by atoms with E-state index in [2.05, 4.69) is 40.0 Å². The zero-order valence-corrected chi connectivity index (χ0v) is 15.4. The van der Waals surface area contributed by atoms with Crippen LogP contribution in [0.3, 0.4) is 0 Å². The number of hydrogen-bond donors (Lipinski definition) is 1. The van der Waals surface area contributed by atoms with Gasteiger partial charge in [0, 0.05) is 24.9 Å². The molecule has 3 heterocycles. The van der Waals surface area contributed by atoms with Crippen molar-refractivity contribution in [3.8, 4) is 0 Å². The Kier molecular flexibility index (Phi) is 3.74. The fourth-order valence-electron chi connectivity index (χ4n) is 4.28. The van der Waals surface area contributed by atoms with Crippen LogP contribution in [-0.4, -0.2) is 20.7 Å². The number of carbonyl (C=O) groups excluding carboxylic acids is 1. The van der Waals surface area contributed by atoms with Gasteiger partial charge in [-0.3, -0.25) is 4.79 Å². The molecule has 2 atom stereocenters. The van der Waals surface area contributed by atoms with Crippen LogP contribution in [0.15, 0.2) is 10.5 Å². The van der Waals surface area contributed by atoms with E-state index in [4.69, 9.17) is 4.42 Å². The number of carbonyl (C=O) groups is 1. The molecule has 2 aromatic rings. The summed E-state index contributed by atoms with van der Waals surface area (Å²) < 4.78 is 7.95. The summed E-state index contributed by atoms with van der Waals surface area (Å²) in [4.78, 5) is 12.9. The first-order chi connectivity index (χ1) is 11.8. The van der Waals surface area contributed by atoms with E-state index in [-0.39, 0.29) is 23.3 Å². The lowest BCUT2D eigenvalue weighted by molar-refractivity contribution is -0.127. The lowest BCUT2D eigenvalue weighted by Gasteiger charge is -2.35. The molecule has 4 rings (SSSR count). The van der Waals surface area contributed by atoms with Crippen molar-refractivity contribution in [1.82, 2.24) is 20.1 Å². The topological polar surface area (TPSA) is 73.0 Å². The standard InChI is InChI=1S/C19H26N4O2/c1-11-7-14-15(8-19(3,4)9-16(14)25-11)20-18(24)13-5-6-17-22-21-12(2)23(17)10-13/h7,13,15H,5-6,8-10H2,1-4H3,(H,20,24)/t13-,15+/m0/s1. The molecule has 2 aliphatic rings. The van der Waals surface area contributed by atoms with Gasteiger partial charge in [0.05, 0.1) is 12.0 Å². The molecular weight excluding hydrogens is 316 g/mol. The molecule has 25 heavy (non-hydrogen) atoms. The number of fused-ring (bicyclic) bond motifs is 2. The van der Waals surface area contributed by atoms with E-state index in [1.54, 1.807) is 0 Å². The smallest absolute Gasteiger partial charge is 0.225 e. The molecule has 2 aromatic heterocycles. The van der Waals surface area contributed by atoms with Gasteiger partial charge in [-0.15, -0.1) is 10.2 Å². The maximum Gasteiger partial charge on any atom is 0.225 e. The average molecular weight is 342 g/mol. The Balaban J connectivity index is 1.52. The molecule has 6 nitrogen and oxygen atoms in total. The van der Waals surface area contributed by atoms with Crippen LogP contribution in [-0.2, 0) is 24.2 Å². The number of rotatable bonds is 2. The first-order valence-corrected chi connectivity index (χ1v) is 9.11. The van der Waals surface area contributed by atoms with E-state index in [1.807, 2.05) is 13.8 Å². The van der Waals surface area contributed by atoms with Crippen LogP contribution in [0.4, 0.5) is 0 Å². The maximum atomic E-state index is 12.9. The van der Waals surface area contributed by atoms with E-state index < -0.39 is 0 Å². The quantitative estimate of drug-likeness (QED) is 0.911. The maximum absolute atomic E-state index is 12.9. The first kappa shape index (κ1) is 16.4. The number of aromatic nitrogens is 3. The Morgan fingerprint density at radius 3 is 2.96 bits per heavy atom. The Hall–Kier alpha value is -2.11. The van der Waals surface area contributed by atoms with E-state index in [1.165, 1.54) is 0 Å². The summed E-state index contributed by atoms with van der Waals surface area (Å²) in [5, 5.41) is 11.6. The molecule has 1 N–H and O–H groups in total. The lowest BCUT2D eigenvalue weighted by atomic mass is 9.74. The number of aryl methyl sites for hydroxylation is 3. The molecule has 0 saturated heterocycles. The summed E-state index contributed by atoms with van der Waals surface area (Å²) in [6.07, 6.45) is 3.51. The van der Waals surface area contributed by atoms with Crippen molar-refractivity contribution in [2.24, 2.45) is 11.3 Å². The van der Waals surface area contributed by atoms with Gasteiger partial charge >= 0.3 is 0 Å². The molecule has 1 aliphatic carbocycles. The fourth-order valence-corrected chi connectivity index (χ4v) is 4.28. The number of hydrogen-bond acceptors (Lipinski definition) is 4. The van der Waals surface area contributed by atoms with Crippen molar-refractivity contribution in [3.63, 3.8) is 0 Å².